The van der Waals surface area contributed by atoms with Crippen LogP contribution in [0.3, 0.4) is 0 Å². The Morgan fingerprint density at radius 3 is 2.50 bits per heavy atom. The van der Waals surface area contributed by atoms with Crippen LogP contribution < -0.4 is 4.90 Å². The molecule has 2 aromatic heterocycles. The molecule has 0 bridgehead atoms. The third-order valence-corrected chi connectivity index (χ3v) is 4.43. The molecule has 1 aliphatic heterocycles. The number of piperazine rings is 1. The van der Waals surface area contributed by atoms with Gasteiger partial charge in [-0.1, -0.05) is 18.2 Å². The van der Waals surface area contributed by atoms with E-state index in [1.54, 1.807) is 18.6 Å². The van der Waals surface area contributed by atoms with E-state index >= 15 is 0 Å². The number of benzene rings is 1. The minimum Gasteiger partial charge on any atom is -0.368 e. The van der Waals surface area contributed by atoms with Gasteiger partial charge in [-0.15, -0.1) is 0 Å². The fourth-order valence-corrected chi connectivity index (χ4v) is 3.13. The van der Waals surface area contributed by atoms with E-state index in [4.69, 9.17) is 0 Å². The number of carbonyl (C=O) groups excluding carboxylic acids is 1. The number of pyridine rings is 2. The van der Waals surface area contributed by atoms with Gasteiger partial charge in [0.05, 0.1) is 11.1 Å². The van der Waals surface area contributed by atoms with Gasteiger partial charge in [0.15, 0.2) is 0 Å². The molecular formula is C19H18N4O. The van der Waals surface area contributed by atoms with Crippen molar-refractivity contribution in [1.82, 2.24) is 14.9 Å². The number of carbonyl (C=O) groups is 1. The molecule has 5 heteroatoms. The van der Waals surface area contributed by atoms with Gasteiger partial charge in [-0.2, -0.15) is 0 Å². The Morgan fingerprint density at radius 2 is 1.71 bits per heavy atom. The number of para-hydroxylation sites is 1. The van der Waals surface area contributed by atoms with Crippen LogP contribution in [0.2, 0.25) is 0 Å². The zero-order chi connectivity index (χ0) is 16.4. The molecule has 0 N–H and O–H groups in total. The van der Waals surface area contributed by atoms with E-state index in [0.717, 1.165) is 24.0 Å². The van der Waals surface area contributed by atoms with Crippen LogP contribution >= 0.6 is 0 Å². The molecule has 0 spiro atoms. The quantitative estimate of drug-likeness (QED) is 0.729. The Balaban J connectivity index is 1.52. The molecular weight excluding hydrogens is 300 g/mol. The second-order valence-electron chi connectivity index (χ2n) is 5.88. The molecule has 1 saturated heterocycles. The third-order valence-electron chi connectivity index (χ3n) is 4.43. The standard InChI is InChI=1S/C19H18N4O/c24-19(17-14-20-13-15-5-4-8-21-18(15)17)23-11-9-22(10-12-23)16-6-2-1-3-7-16/h1-8,13-14H,9-12H2. The summed E-state index contributed by atoms with van der Waals surface area (Å²) >= 11 is 0. The number of hydrogen-bond donors (Lipinski definition) is 0. The summed E-state index contributed by atoms with van der Waals surface area (Å²) in [6, 6.07) is 14.1. The molecule has 4 rings (SSSR count). The summed E-state index contributed by atoms with van der Waals surface area (Å²) in [6.45, 7) is 3.08. The van der Waals surface area contributed by atoms with Gasteiger partial charge in [0, 0.05) is 55.8 Å². The number of anilines is 1. The van der Waals surface area contributed by atoms with Crippen LogP contribution in [0, 0.1) is 0 Å². The molecule has 5 nitrogen and oxygen atoms in total. The van der Waals surface area contributed by atoms with Crippen LogP contribution in [-0.2, 0) is 0 Å². The van der Waals surface area contributed by atoms with Gasteiger partial charge in [0.2, 0.25) is 0 Å². The highest BCUT2D eigenvalue weighted by Gasteiger charge is 2.24. The first-order valence-corrected chi connectivity index (χ1v) is 8.11. The van der Waals surface area contributed by atoms with E-state index in [1.165, 1.54) is 5.69 Å². The number of fused-ring (bicyclic) bond motifs is 1. The second kappa shape index (κ2) is 6.28. The summed E-state index contributed by atoms with van der Waals surface area (Å²) in [6.07, 6.45) is 5.08. The Morgan fingerprint density at radius 1 is 0.917 bits per heavy atom. The first kappa shape index (κ1) is 14.6. The lowest BCUT2D eigenvalue weighted by atomic mass is 10.1. The summed E-state index contributed by atoms with van der Waals surface area (Å²) in [5.41, 5.74) is 2.52. The van der Waals surface area contributed by atoms with Gasteiger partial charge < -0.3 is 9.80 Å². The Hall–Kier alpha value is -2.95. The highest BCUT2D eigenvalue weighted by atomic mass is 16.2. The van der Waals surface area contributed by atoms with E-state index in [-0.39, 0.29) is 5.91 Å². The normalized spacial score (nSPS) is 14.8. The van der Waals surface area contributed by atoms with Crippen molar-refractivity contribution < 1.29 is 4.79 Å². The highest BCUT2D eigenvalue weighted by molar-refractivity contribution is 6.04. The van der Waals surface area contributed by atoms with Crippen molar-refractivity contribution in [2.24, 2.45) is 0 Å². The van der Waals surface area contributed by atoms with Gasteiger partial charge in [0.25, 0.3) is 5.91 Å². The molecule has 120 valence electrons. The first-order chi connectivity index (χ1) is 11.8. The molecule has 24 heavy (non-hydrogen) atoms. The van der Waals surface area contributed by atoms with Gasteiger partial charge in [-0.05, 0) is 24.3 Å². The van der Waals surface area contributed by atoms with E-state index in [2.05, 4.69) is 27.0 Å². The Labute approximate surface area is 140 Å². The molecule has 0 aliphatic carbocycles. The average molecular weight is 318 g/mol. The number of nitrogens with zero attached hydrogens (tertiary/aromatic N) is 4. The molecule has 0 radical (unpaired) electrons. The minimum absolute atomic E-state index is 0.0134. The summed E-state index contributed by atoms with van der Waals surface area (Å²) in [4.78, 5) is 25.6. The van der Waals surface area contributed by atoms with Gasteiger partial charge >= 0.3 is 0 Å². The van der Waals surface area contributed by atoms with Crippen LogP contribution in [-0.4, -0.2) is 47.0 Å². The summed E-state index contributed by atoms with van der Waals surface area (Å²) in [5, 5.41) is 0.895. The molecule has 0 atom stereocenters. The fraction of sp³-hybridized carbons (Fsp3) is 0.211. The van der Waals surface area contributed by atoms with Crippen molar-refractivity contribution in [2.45, 2.75) is 0 Å². The van der Waals surface area contributed by atoms with Crippen LogP contribution in [0.1, 0.15) is 10.4 Å². The van der Waals surface area contributed by atoms with Gasteiger partial charge in [-0.3, -0.25) is 14.8 Å². The van der Waals surface area contributed by atoms with Crippen LogP contribution in [0.5, 0.6) is 0 Å². The zero-order valence-electron chi connectivity index (χ0n) is 13.3. The molecule has 3 heterocycles. The number of hydrogen-bond acceptors (Lipinski definition) is 4. The topological polar surface area (TPSA) is 49.3 Å². The van der Waals surface area contributed by atoms with Crippen molar-refractivity contribution >= 4 is 22.5 Å². The van der Waals surface area contributed by atoms with Crippen molar-refractivity contribution in [3.8, 4) is 0 Å². The molecule has 1 amide bonds. The molecule has 1 aliphatic rings. The molecule has 1 aromatic carbocycles. The van der Waals surface area contributed by atoms with Crippen LogP contribution in [0.25, 0.3) is 10.9 Å². The van der Waals surface area contributed by atoms with Crippen LogP contribution in [0.15, 0.2) is 61.1 Å². The summed E-state index contributed by atoms with van der Waals surface area (Å²) < 4.78 is 0. The van der Waals surface area contributed by atoms with E-state index < -0.39 is 0 Å². The predicted octanol–water partition coefficient (Wildman–Crippen LogP) is 2.59. The number of aromatic nitrogens is 2. The van der Waals surface area contributed by atoms with E-state index in [0.29, 0.717) is 18.7 Å². The van der Waals surface area contributed by atoms with Crippen LogP contribution in [0.4, 0.5) is 5.69 Å². The predicted molar refractivity (Wildman–Crippen MR) is 94.1 cm³/mol. The molecule has 3 aromatic rings. The highest BCUT2D eigenvalue weighted by Crippen LogP contribution is 2.19. The van der Waals surface area contributed by atoms with Crippen molar-refractivity contribution in [2.75, 3.05) is 31.1 Å². The van der Waals surface area contributed by atoms with Gasteiger partial charge in [-0.25, -0.2) is 0 Å². The minimum atomic E-state index is 0.0134. The zero-order valence-corrected chi connectivity index (χ0v) is 13.3. The summed E-state index contributed by atoms with van der Waals surface area (Å²) in [5.74, 6) is 0.0134. The third kappa shape index (κ3) is 2.69. The maximum absolute atomic E-state index is 12.9. The monoisotopic (exact) mass is 318 g/mol. The van der Waals surface area contributed by atoms with Gasteiger partial charge in [0.1, 0.15) is 0 Å². The summed E-state index contributed by atoms with van der Waals surface area (Å²) in [7, 11) is 0. The number of amides is 1. The average Bonchev–Trinajstić information content (AvgIpc) is 2.68. The SMILES string of the molecule is O=C(c1cncc2cccnc12)N1CCN(c2ccccc2)CC1. The lowest BCUT2D eigenvalue weighted by Crippen LogP contribution is -2.48. The Bertz CT molecular complexity index is 852. The second-order valence-corrected chi connectivity index (χ2v) is 5.88. The lowest BCUT2D eigenvalue weighted by molar-refractivity contribution is 0.0748. The first-order valence-electron chi connectivity index (χ1n) is 8.11. The maximum Gasteiger partial charge on any atom is 0.257 e. The van der Waals surface area contributed by atoms with E-state index in [9.17, 15) is 4.79 Å². The van der Waals surface area contributed by atoms with E-state index in [1.807, 2.05) is 35.2 Å². The number of rotatable bonds is 2. The smallest absolute Gasteiger partial charge is 0.257 e. The largest absolute Gasteiger partial charge is 0.368 e. The maximum atomic E-state index is 12.9. The van der Waals surface area contributed by atoms with Crippen molar-refractivity contribution in [3.05, 3.63) is 66.6 Å². The molecule has 0 saturated carbocycles. The molecule has 0 unspecified atom stereocenters. The van der Waals surface area contributed by atoms with Crippen molar-refractivity contribution in [3.63, 3.8) is 0 Å². The lowest BCUT2D eigenvalue weighted by Gasteiger charge is -2.36. The Kier molecular flexibility index (Phi) is 3.83. The fourth-order valence-electron chi connectivity index (χ4n) is 3.13. The van der Waals surface area contributed by atoms with Crippen molar-refractivity contribution in [1.29, 1.82) is 0 Å². The molecule has 1 fully saturated rings.